The lowest BCUT2D eigenvalue weighted by atomic mass is 9.55. The molecule has 2 aromatic rings. The Morgan fingerprint density at radius 2 is 1.90 bits per heavy atom. The van der Waals surface area contributed by atoms with Gasteiger partial charge in [0.15, 0.2) is 0 Å². The van der Waals surface area contributed by atoms with Crippen molar-refractivity contribution in [2.45, 2.75) is 51.4 Å². The molecule has 2 fully saturated rings. The molecular weight excluding hydrogens is 380 g/mol. The van der Waals surface area contributed by atoms with Crippen LogP contribution in [0, 0.1) is 17.3 Å². The van der Waals surface area contributed by atoms with E-state index in [4.69, 9.17) is 16.7 Å². The van der Waals surface area contributed by atoms with Gasteiger partial charge in [0.1, 0.15) is 5.75 Å². The van der Waals surface area contributed by atoms with Gasteiger partial charge in [-0.25, -0.2) is 0 Å². The van der Waals surface area contributed by atoms with Gasteiger partial charge in [0.05, 0.1) is 6.21 Å². The molecule has 4 heteroatoms. The molecule has 0 spiro atoms. The molecule has 0 unspecified atom stereocenters. The SMILES string of the molecule is C[C@@]12CC[C@@H]3c4ccc(O)cc4CC[C@@H]3[C@@H]1CC/C2=N/N=C\c1ccc(Cl)cc1. The predicted molar refractivity (Wildman–Crippen MR) is 119 cm³/mol. The molecule has 0 heterocycles. The topological polar surface area (TPSA) is 45.0 Å². The molecule has 3 aliphatic carbocycles. The van der Waals surface area contributed by atoms with Gasteiger partial charge in [-0.1, -0.05) is 36.7 Å². The van der Waals surface area contributed by atoms with Gasteiger partial charge < -0.3 is 5.11 Å². The third-order valence-corrected chi connectivity index (χ3v) is 7.96. The Balaban J connectivity index is 1.37. The zero-order valence-corrected chi connectivity index (χ0v) is 17.6. The average Bonchev–Trinajstić information content (AvgIpc) is 3.05. The second kappa shape index (κ2) is 7.28. The van der Waals surface area contributed by atoms with Gasteiger partial charge in [-0.3, -0.25) is 0 Å². The standard InChI is InChI=1S/C25H27ClN2O/c1-25-13-12-21-20-9-7-19(29)14-17(20)4-8-22(21)23(25)10-11-24(25)28-27-15-16-2-5-18(26)6-3-16/h2-3,5-7,9,14-15,21-23,29H,4,8,10-13H2,1H3/b27-15-,28-24-/t21-,22+,23+,25-/m1/s1. The normalized spacial score (nSPS) is 32.2. The van der Waals surface area contributed by atoms with Crippen LogP contribution >= 0.6 is 11.6 Å². The van der Waals surface area contributed by atoms with Crippen molar-refractivity contribution in [3.05, 3.63) is 64.2 Å². The fourth-order valence-corrected chi connectivity index (χ4v) is 6.36. The molecule has 0 aromatic heterocycles. The number of nitrogens with zero attached hydrogens (tertiary/aromatic N) is 2. The number of rotatable bonds is 2. The quantitative estimate of drug-likeness (QED) is 0.456. The molecule has 5 rings (SSSR count). The molecule has 4 atom stereocenters. The van der Waals surface area contributed by atoms with E-state index in [1.807, 2.05) is 42.6 Å². The number of hydrogen-bond acceptors (Lipinski definition) is 3. The molecule has 0 radical (unpaired) electrons. The van der Waals surface area contributed by atoms with Crippen LogP contribution in [0.4, 0.5) is 0 Å². The summed E-state index contributed by atoms with van der Waals surface area (Å²) in [6.45, 7) is 2.42. The first-order chi connectivity index (χ1) is 14.0. The van der Waals surface area contributed by atoms with E-state index in [1.165, 1.54) is 42.5 Å². The number of halogens is 1. The first-order valence-corrected chi connectivity index (χ1v) is 11.1. The van der Waals surface area contributed by atoms with E-state index in [2.05, 4.69) is 18.1 Å². The van der Waals surface area contributed by atoms with Crippen LogP contribution in [-0.2, 0) is 6.42 Å². The van der Waals surface area contributed by atoms with Gasteiger partial charge >= 0.3 is 0 Å². The van der Waals surface area contributed by atoms with E-state index < -0.39 is 0 Å². The second-order valence-electron chi connectivity index (χ2n) is 9.14. The summed E-state index contributed by atoms with van der Waals surface area (Å²) in [5.74, 6) is 2.44. The van der Waals surface area contributed by atoms with Crippen LogP contribution in [0.5, 0.6) is 5.75 Å². The van der Waals surface area contributed by atoms with Gasteiger partial charge in [-0.15, -0.1) is 0 Å². The number of phenols is 1. The molecule has 3 aliphatic rings. The molecule has 3 nitrogen and oxygen atoms in total. The lowest BCUT2D eigenvalue weighted by Crippen LogP contribution is -2.42. The maximum atomic E-state index is 9.85. The minimum absolute atomic E-state index is 0.174. The average molecular weight is 407 g/mol. The van der Waals surface area contributed by atoms with Crippen LogP contribution in [0.3, 0.4) is 0 Å². The number of phenolic OH excluding ortho intramolecular Hbond substituents is 1. The number of fused-ring (bicyclic) bond motifs is 5. The molecular formula is C25H27ClN2O. The van der Waals surface area contributed by atoms with Crippen LogP contribution in [-0.4, -0.2) is 17.0 Å². The van der Waals surface area contributed by atoms with Crippen LogP contribution in [0.15, 0.2) is 52.7 Å². The summed E-state index contributed by atoms with van der Waals surface area (Å²) >= 11 is 5.95. The maximum absolute atomic E-state index is 9.85. The fourth-order valence-electron chi connectivity index (χ4n) is 6.24. The lowest BCUT2D eigenvalue weighted by molar-refractivity contribution is 0.0955. The molecule has 29 heavy (non-hydrogen) atoms. The predicted octanol–water partition coefficient (Wildman–Crippen LogP) is 6.38. The van der Waals surface area contributed by atoms with Crippen molar-refractivity contribution < 1.29 is 5.11 Å². The second-order valence-corrected chi connectivity index (χ2v) is 9.57. The largest absolute Gasteiger partial charge is 0.508 e. The highest BCUT2D eigenvalue weighted by Crippen LogP contribution is 2.60. The third kappa shape index (κ3) is 3.30. The highest BCUT2D eigenvalue weighted by atomic mass is 35.5. The summed E-state index contributed by atoms with van der Waals surface area (Å²) in [7, 11) is 0. The van der Waals surface area contributed by atoms with Crippen molar-refractivity contribution in [3.63, 3.8) is 0 Å². The van der Waals surface area contributed by atoms with Crippen molar-refractivity contribution in [1.29, 1.82) is 0 Å². The van der Waals surface area contributed by atoms with Gasteiger partial charge in [-0.2, -0.15) is 10.2 Å². The van der Waals surface area contributed by atoms with Crippen molar-refractivity contribution in [1.82, 2.24) is 0 Å². The molecule has 0 aliphatic heterocycles. The Morgan fingerprint density at radius 3 is 2.72 bits per heavy atom. The third-order valence-electron chi connectivity index (χ3n) is 7.71. The molecule has 2 aromatic carbocycles. The Kier molecular flexibility index (Phi) is 4.74. The molecule has 0 amide bonds. The van der Waals surface area contributed by atoms with Gasteiger partial charge in [0.25, 0.3) is 0 Å². The minimum Gasteiger partial charge on any atom is -0.508 e. The zero-order chi connectivity index (χ0) is 20.0. The van der Waals surface area contributed by atoms with E-state index in [-0.39, 0.29) is 5.41 Å². The summed E-state index contributed by atoms with van der Waals surface area (Å²) in [5.41, 5.74) is 5.31. The van der Waals surface area contributed by atoms with E-state index in [1.54, 1.807) is 0 Å². The van der Waals surface area contributed by atoms with Crippen molar-refractivity contribution in [2.75, 3.05) is 0 Å². The van der Waals surface area contributed by atoms with Gasteiger partial charge in [0.2, 0.25) is 0 Å². The van der Waals surface area contributed by atoms with Crippen molar-refractivity contribution in [3.8, 4) is 5.75 Å². The van der Waals surface area contributed by atoms with E-state index in [0.29, 0.717) is 17.6 Å². The fraction of sp³-hybridized carbons (Fsp3) is 0.440. The number of benzene rings is 2. The molecule has 0 saturated heterocycles. The summed E-state index contributed by atoms with van der Waals surface area (Å²) < 4.78 is 0. The zero-order valence-electron chi connectivity index (χ0n) is 16.8. The van der Waals surface area contributed by atoms with Crippen LogP contribution in [0.2, 0.25) is 5.02 Å². The van der Waals surface area contributed by atoms with E-state index in [9.17, 15) is 5.11 Å². The van der Waals surface area contributed by atoms with E-state index in [0.717, 1.165) is 29.3 Å². The van der Waals surface area contributed by atoms with Crippen LogP contribution < -0.4 is 0 Å². The molecule has 1 N–H and O–H groups in total. The van der Waals surface area contributed by atoms with Gasteiger partial charge in [-0.05, 0) is 97.2 Å². The lowest BCUT2D eigenvalue weighted by Gasteiger charge is -2.49. The Morgan fingerprint density at radius 1 is 1.07 bits per heavy atom. The van der Waals surface area contributed by atoms with Gasteiger partial charge in [0, 0.05) is 16.1 Å². The maximum Gasteiger partial charge on any atom is 0.115 e. The highest BCUT2D eigenvalue weighted by Gasteiger charge is 2.53. The summed E-state index contributed by atoms with van der Waals surface area (Å²) in [6, 6.07) is 13.7. The van der Waals surface area contributed by atoms with Crippen LogP contribution in [0.1, 0.15) is 61.6 Å². The Hall–Kier alpha value is -2.13. The monoisotopic (exact) mass is 406 g/mol. The molecule has 2 saturated carbocycles. The summed E-state index contributed by atoms with van der Waals surface area (Å²) in [5, 5.41) is 19.7. The Bertz CT molecular complexity index is 981. The smallest absolute Gasteiger partial charge is 0.115 e. The molecule has 150 valence electrons. The minimum atomic E-state index is 0.174. The number of aromatic hydroxyl groups is 1. The highest BCUT2D eigenvalue weighted by molar-refractivity contribution is 6.30. The first kappa shape index (κ1) is 18.9. The summed E-state index contributed by atoms with van der Waals surface area (Å²) in [6.07, 6.45) is 8.80. The summed E-state index contributed by atoms with van der Waals surface area (Å²) in [4.78, 5) is 0. The number of aryl methyl sites for hydroxylation is 1. The molecule has 0 bridgehead atoms. The van der Waals surface area contributed by atoms with Crippen molar-refractivity contribution >= 4 is 23.5 Å². The van der Waals surface area contributed by atoms with Crippen molar-refractivity contribution in [2.24, 2.45) is 27.5 Å². The van der Waals surface area contributed by atoms with E-state index >= 15 is 0 Å². The Labute approximate surface area is 177 Å². The van der Waals surface area contributed by atoms with Crippen LogP contribution in [0.25, 0.3) is 0 Å². The first-order valence-electron chi connectivity index (χ1n) is 10.7. The number of hydrogen-bond donors (Lipinski definition) is 1.